The fourth-order valence-electron chi connectivity index (χ4n) is 5.08. The van der Waals surface area contributed by atoms with Crippen LogP contribution in [-0.4, -0.2) is 82.1 Å². The predicted octanol–water partition coefficient (Wildman–Crippen LogP) is 4.67. The molecule has 0 saturated carbocycles. The molecule has 8 nitrogen and oxygen atoms in total. The minimum Gasteiger partial charge on any atom is -0.379 e. The number of nitrogens with one attached hydrogen (secondary N) is 2. The maximum Gasteiger partial charge on any atom is 0.159 e. The van der Waals surface area contributed by atoms with Crippen molar-refractivity contribution in [3.63, 3.8) is 0 Å². The highest BCUT2D eigenvalue weighted by molar-refractivity contribution is 9.10. The van der Waals surface area contributed by atoms with Gasteiger partial charge in [-0.15, -0.1) is 11.3 Å². The molecule has 0 bridgehead atoms. The van der Waals surface area contributed by atoms with Crippen molar-refractivity contribution in [2.24, 2.45) is 0 Å². The average Bonchev–Trinajstić information content (AvgIpc) is 3.58. The molecule has 188 valence electrons. The molecule has 10 heteroatoms. The number of thiazole rings is 1. The molecule has 2 saturated heterocycles. The highest BCUT2D eigenvalue weighted by atomic mass is 79.9. The second-order valence-corrected chi connectivity index (χ2v) is 11.6. The third-order valence-electron chi connectivity index (χ3n) is 7.25. The lowest BCUT2D eigenvalue weighted by molar-refractivity contribution is 0.249. The molecule has 6 rings (SSSR count). The number of nitrogens with zero attached hydrogens (tertiary/aromatic N) is 6. The second-order valence-electron chi connectivity index (χ2n) is 9.72. The van der Waals surface area contributed by atoms with Gasteiger partial charge in [0.1, 0.15) is 16.3 Å². The number of hydrogen-bond donors (Lipinski definition) is 2. The molecule has 0 spiro atoms. The Balaban J connectivity index is 1.14. The smallest absolute Gasteiger partial charge is 0.159 e. The Kier molecular flexibility index (Phi) is 6.92. The molecule has 2 N–H and O–H groups in total. The van der Waals surface area contributed by atoms with Gasteiger partial charge in [0.2, 0.25) is 0 Å². The van der Waals surface area contributed by atoms with E-state index in [9.17, 15) is 0 Å². The molecule has 0 aliphatic carbocycles. The van der Waals surface area contributed by atoms with Crippen LogP contribution in [0.5, 0.6) is 0 Å². The summed E-state index contributed by atoms with van der Waals surface area (Å²) in [5, 5.41) is 6.99. The Labute approximate surface area is 223 Å². The van der Waals surface area contributed by atoms with Crippen LogP contribution >= 0.6 is 27.3 Å². The summed E-state index contributed by atoms with van der Waals surface area (Å²) in [6.45, 7) is 7.34. The number of aromatic amines is 1. The van der Waals surface area contributed by atoms with E-state index in [1.54, 1.807) is 11.3 Å². The van der Waals surface area contributed by atoms with Crippen molar-refractivity contribution >= 4 is 49.8 Å². The van der Waals surface area contributed by atoms with E-state index >= 15 is 0 Å². The number of piperidine rings is 1. The number of halogens is 1. The van der Waals surface area contributed by atoms with Crippen molar-refractivity contribution in [3.8, 4) is 11.4 Å². The Morgan fingerprint density at radius 3 is 2.56 bits per heavy atom. The molecule has 2 fully saturated rings. The minimum absolute atomic E-state index is 0.449. The van der Waals surface area contributed by atoms with Crippen LogP contribution in [0.1, 0.15) is 17.8 Å². The van der Waals surface area contributed by atoms with Gasteiger partial charge in [-0.3, -0.25) is 4.90 Å². The number of pyridine rings is 1. The highest BCUT2D eigenvalue weighted by Crippen LogP contribution is 2.33. The summed E-state index contributed by atoms with van der Waals surface area (Å²) in [7, 11) is 2.19. The fourth-order valence-corrected chi connectivity index (χ4v) is 6.14. The molecule has 3 aromatic heterocycles. The average molecular weight is 568 g/mol. The molecule has 2 aliphatic heterocycles. The van der Waals surface area contributed by atoms with E-state index in [4.69, 9.17) is 4.98 Å². The van der Waals surface area contributed by atoms with Crippen LogP contribution in [0.2, 0.25) is 0 Å². The van der Waals surface area contributed by atoms with Crippen LogP contribution in [0.25, 0.3) is 22.6 Å². The molecule has 2 aliphatic rings. The van der Waals surface area contributed by atoms with Crippen LogP contribution in [0.15, 0.2) is 46.5 Å². The summed E-state index contributed by atoms with van der Waals surface area (Å²) >= 11 is 5.43. The Bertz CT molecular complexity index is 1290. The van der Waals surface area contributed by atoms with Gasteiger partial charge in [0, 0.05) is 61.2 Å². The van der Waals surface area contributed by atoms with E-state index in [0.717, 1.165) is 91.4 Å². The molecular formula is C26H31BrN8S. The number of H-pyrrole nitrogens is 1. The molecule has 0 amide bonds. The summed E-state index contributed by atoms with van der Waals surface area (Å²) in [6, 6.07) is 9.19. The molecular weight excluding hydrogens is 536 g/mol. The monoisotopic (exact) mass is 566 g/mol. The molecule has 5 heterocycles. The van der Waals surface area contributed by atoms with Crippen LogP contribution in [0, 0.1) is 0 Å². The van der Waals surface area contributed by atoms with Crippen molar-refractivity contribution in [2.45, 2.75) is 25.4 Å². The Morgan fingerprint density at radius 1 is 1.06 bits per heavy atom. The van der Waals surface area contributed by atoms with Crippen LogP contribution in [0.3, 0.4) is 0 Å². The highest BCUT2D eigenvalue weighted by Gasteiger charge is 2.21. The quantitative estimate of drug-likeness (QED) is 0.351. The van der Waals surface area contributed by atoms with E-state index in [2.05, 4.69) is 87.6 Å². The van der Waals surface area contributed by atoms with Gasteiger partial charge >= 0.3 is 0 Å². The Hall–Kier alpha value is -2.53. The summed E-state index contributed by atoms with van der Waals surface area (Å²) in [5.41, 5.74) is 5.06. The standard InChI is InChI=1S/C26H31BrN8S/c1-33-9-6-19(7-10-33)30-23-21(27)16-29-26-24(23)31-25(32-26)18-2-4-20(5-3-18)35-13-11-34(12-14-35)17-22-28-8-15-36-22/h2-5,8,15-16,19H,6-7,9-14,17H2,1H3,(H2,29,30,31,32). The number of likely N-dealkylation sites (tertiary alicyclic amines) is 1. The van der Waals surface area contributed by atoms with Crippen molar-refractivity contribution < 1.29 is 0 Å². The Morgan fingerprint density at radius 2 is 1.83 bits per heavy atom. The molecule has 4 aromatic rings. The van der Waals surface area contributed by atoms with Crippen molar-refractivity contribution in [2.75, 3.05) is 56.5 Å². The normalized spacial score (nSPS) is 18.2. The first-order valence-corrected chi connectivity index (χ1v) is 14.2. The first-order chi connectivity index (χ1) is 17.6. The summed E-state index contributed by atoms with van der Waals surface area (Å²) in [4.78, 5) is 24.7. The zero-order valence-electron chi connectivity index (χ0n) is 20.5. The van der Waals surface area contributed by atoms with Gasteiger partial charge in [-0.1, -0.05) is 0 Å². The molecule has 0 radical (unpaired) electrons. The summed E-state index contributed by atoms with van der Waals surface area (Å²) in [5.74, 6) is 0.849. The molecule has 1 aromatic carbocycles. The molecule has 0 atom stereocenters. The van der Waals surface area contributed by atoms with Gasteiger partial charge in [0.15, 0.2) is 5.65 Å². The lowest BCUT2D eigenvalue weighted by Gasteiger charge is -2.35. The number of hydrogen-bond acceptors (Lipinski definition) is 8. The number of rotatable bonds is 6. The van der Waals surface area contributed by atoms with Crippen LogP contribution < -0.4 is 10.2 Å². The van der Waals surface area contributed by atoms with Gasteiger partial charge in [-0.25, -0.2) is 15.0 Å². The van der Waals surface area contributed by atoms with Gasteiger partial charge in [-0.05, 0) is 73.2 Å². The van der Waals surface area contributed by atoms with Crippen LogP contribution in [0.4, 0.5) is 11.4 Å². The number of aromatic nitrogens is 4. The zero-order valence-corrected chi connectivity index (χ0v) is 22.9. The third kappa shape index (κ3) is 5.13. The number of benzene rings is 1. The van der Waals surface area contributed by atoms with E-state index in [-0.39, 0.29) is 0 Å². The second kappa shape index (κ2) is 10.5. The maximum absolute atomic E-state index is 4.97. The number of fused-ring (bicyclic) bond motifs is 1. The molecule has 0 unspecified atom stereocenters. The van der Waals surface area contributed by atoms with Gasteiger partial charge in [0.05, 0.1) is 16.7 Å². The van der Waals surface area contributed by atoms with Crippen LogP contribution in [-0.2, 0) is 6.54 Å². The summed E-state index contributed by atoms with van der Waals surface area (Å²) < 4.78 is 0.955. The van der Waals surface area contributed by atoms with E-state index in [0.29, 0.717) is 6.04 Å². The topological polar surface area (TPSA) is 76.2 Å². The number of piperazine rings is 1. The predicted molar refractivity (Wildman–Crippen MR) is 151 cm³/mol. The van der Waals surface area contributed by atoms with Crippen molar-refractivity contribution in [1.82, 2.24) is 29.7 Å². The zero-order chi connectivity index (χ0) is 24.5. The number of imidazole rings is 1. The van der Waals surface area contributed by atoms with Crippen molar-refractivity contribution in [3.05, 3.63) is 51.5 Å². The third-order valence-corrected chi connectivity index (χ3v) is 8.62. The van der Waals surface area contributed by atoms with E-state index in [1.807, 2.05) is 12.4 Å². The van der Waals surface area contributed by atoms with Gasteiger partial charge in [0.25, 0.3) is 0 Å². The first kappa shape index (κ1) is 23.8. The first-order valence-electron chi connectivity index (χ1n) is 12.6. The van der Waals surface area contributed by atoms with Gasteiger partial charge in [-0.2, -0.15) is 0 Å². The summed E-state index contributed by atoms with van der Waals surface area (Å²) in [6.07, 6.45) is 6.01. The fraction of sp³-hybridized carbons (Fsp3) is 0.423. The van der Waals surface area contributed by atoms with E-state index in [1.165, 1.54) is 10.7 Å². The molecule has 36 heavy (non-hydrogen) atoms. The maximum atomic E-state index is 4.97. The number of anilines is 2. The lowest BCUT2D eigenvalue weighted by atomic mass is 10.1. The largest absolute Gasteiger partial charge is 0.379 e. The van der Waals surface area contributed by atoms with Gasteiger partial charge < -0.3 is 20.1 Å². The lowest BCUT2D eigenvalue weighted by Crippen LogP contribution is -2.45. The minimum atomic E-state index is 0.449. The van der Waals surface area contributed by atoms with E-state index < -0.39 is 0 Å². The van der Waals surface area contributed by atoms with Crippen molar-refractivity contribution in [1.29, 1.82) is 0 Å². The SMILES string of the molecule is CN1CCC(Nc2c(Br)cnc3[nH]c(-c4ccc(N5CCN(Cc6nccs6)CC5)cc4)nc23)CC1.